The molecule has 3 aliphatic heterocycles. The first-order valence-corrected chi connectivity index (χ1v) is 31.4. The smallest absolute Gasteiger partial charge is 0.329 e. The molecule has 4 aromatic rings. The fraction of sp³-hybridized carbons (Fsp3) is 0.559. The van der Waals surface area contributed by atoms with Crippen LogP contribution >= 0.6 is 0 Å². The van der Waals surface area contributed by atoms with E-state index >= 15 is 9.59 Å². The van der Waals surface area contributed by atoms with Crippen LogP contribution in [0.15, 0.2) is 85.2 Å². The second kappa shape index (κ2) is 31.4. The number of hydrogen-bond acceptors (Lipinski definition) is 18. The number of esters is 4. The number of carbonyl (C=O) groups excluding carboxylic acids is 8. The van der Waals surface area contributed by atoms with E-state index in [1.807, 2.05) is 128 Å². The highest BCUT2D eigenvalue weighted by molar-refractivity contribution is 5.94. The zero-order valence-corrected chi connectivity index (χ0v) is 54.8. The Morgan fingerprint density at radius 2 is 0.700 bits per heavy atom. The van der Waals surface area contributed by atoms with Crippen molar-refractivity contribution in [2.45, 2.75) is 169 Å². The molecule has 5 heterocycles. The molecule has 4 amide bonds. The monoisotopic (exact) mass is 1240 g/mol. The SMILES string of the molecule is CC(C)C[C@H]1C(=O)O[C@H](Cc2ccc(CN3CCOc4ncccc43)cc2)C(=O)N(C)[C@@H](CC(C)C)C(=O)O[C@H](C)C(=O)N(C)[C@@H](CC(C)C)C(=O)O[C@H](Cc2ccc(CN3CCOc4ncccc43)cc2)C(=O)N(C)[C@@H](CC(C)C)C(=O)O[C@H](C)C(=O)N1C. The summed E-state index contributed by atoms with van der Waals surface area (Å²) in [5.41, 5.74) is 4.83. The number of amides is 4. The minimum atomic E-state index is -1.55. The molecule has 0 spiro atoms. The van der Waals surface area contributed by atoms with Crippen LogP contribution in [0, 0.1) is 23.7 Å². The number of fused-ring (bicyclic) bond motifs is 2. The van der Waals surface area contributed by atoms with Crippen LogP contribution in [-0.4, -0.2) is 180 Å². The molecular formula is C68H92N8O14. The number of ether oxygens (including phenoxy) is 6. The molecule has 3 aliphatic rings. The lowest BCUT2D eigenvalue weighted by molar-refractivity contribution is -0.176. The highest BCUT2D eigenvalue weighted by atomic mass is 16.6. The maximum absolute atomic E-state index is 15.2. The highest BCUT2D eigenvalue weighted by Gasteiger charge is 2.43. The Morgan fingerprint density at radius 1 is 0.411 bits per heavy atom. The topological polar surface area (TPSA) is 237 Å². The lowest BCUT2D eigenvalue weighted by Gasteiger charge is -2.35. The van der Waals surface area contributed by atoms with Gasteiger partial charge in [0.25, 0.3) is 23.6 Å². The largest absolute Gasteiger partial charge is 0.474 e. The molecule has 2 aromatic heterocycles. The van der Waals surface area contributed by atoms with Gasteiger partial charge in [0.15, 0.2) is 24.4 Å². The van der Waals surface area contributed by atoms with Gasteiger partial charge in [-0.15, -0.1) is 0 Å². The molecule has 1 fully saturated rings. The van der Waals surface area contributed by atoms with Crippen molar-refractivity contribution in [3.63, 3.8) is 0 Å². The standard InChI is InChI=1S/C68H92N8O14/c1-41(2)33-53-65(81)87-45(9)61(77)71(11)56(36-44(7)8)68(84)90-58(38-48-21-25-50(26-22-48)40-76-30-32-86-60-52(76)18-16-28-70-60)64(80)74(14)54(34-42(3)4)66(82)88-46(10)62(78)72(12)55(35-43(5)6)67(83)89-57(63(79)73(53)13)37-47-19-23-49(24-20-47)39-75-29-31-85-59-51(75)17-15-27-69-59/h15-28,41-46,53-58H,29-40H2,1-14H3/t45-,46-,53+,54+,55+,56+,57-,58-/m1/s1. The van der Waals surface area contributed by atoms with Gasteiger partial charge in [-0.1, -0.05) is 104 Å². The molecule has 22 nitrogen and oxygen atoms in total. The van der Waals surface area contributed by atoms with E-state index in [4.69, 9.17) is 28.4 Å². The molecule has 0 N–H and O–H groups in total. The highest BCUT2D eigenvalue weighted by Crippen LogP contribution is 2.32. The zero-order chi connectivity index (χ0) is 65.7. The van der Waals surface area contributed by atoms with Crippen molar-refractivity contribution in [3.8, 4) is 11.8 Å². The molecule has 488 valence electrons. The van der Waals surface area contributed by atoms with Crippen LogP contribution in [-0.2, 0) is 83.2 Å². The summed E-state index contributed by atoms with van der Waals surface area (Å²) in [6, 6.07) is 17.4. The molecule has 1 saturated heterocycles. The minimum absolute atomic E-state index is 0.0736. The second-order valence-electron chi connectivity index (χ2n) is 25.6. The van der Waals surface area contributed by atoms with Crippen LogP contribution in [0.25, 0.3) is 0 Å². The lowest BCUT2D eigenvalue weighted by atomic mass is 9.99. The van der Waals surface area contributed by atoms with Gasteiger partial charge in [0.2, 0.25) is 11.8 Å². The van der Waals surface area contributed by atoms with E-state index in [9.17, 15) is 28.8 Å². The van der Waals surface area contributed by atoms with Crippen LogP contribution in [0.2, 0.25) is 0 Å². The molecule has 0 radical (unpaired) electrons. The number of anilines is 2. The third-order valence-electron chi connectivity index (χ3n) is 16.5. The van der Waals surface area contributed by atoms with Gasteiger partial charge in [-0.25, -0.2) is 29.1 Å². The molecule has 0 unspecified atom stereocenters. The van der Waals surface area contributed by atoms with Gasteiger partial charge in [-0.3, -0.25) is 19.2 Å². The molecule has 0 aliphatic carbocycles. The number of benzene rings is 2. The van der Waals surface area contributed by atoms with E-state index in [2.05, 4.69) is 19.8 Å². The quantitative estimate of drug-likeness (QED) is 0.0793. The van der Waals surface area contributed by atoms with Crippen molar-refractivity contribution in [2.24, 2.45) is 23.7 Å². The van der Waals surface area contributed by atoms with Crippen molar-refractivity contribution in [1.82, 2.24) is 29.6 Å². The summed E-state index contributed by atoms with van der Waals surface area (Å²) in [6.45, 7) is 20.8. The maximum atomic E-state index is 15.2. The van der Waals surface area contributed by atoms with Crippen molar-refractivity contribution in [3.05, 3.63) is 107 Å². The molecule has 90 heavy (non-hydrogen) atoms. The fourth-order valence-corrected chi connectivity index (χ4v) is 11.5. The van der Waals surface area contributed by atoms with E-state index in [0.29, 0.717) is 62.3 Å². The van der Waals surface area contributed by atoms with Gasteiger partial charge < -0.3 is 57.8 Å². The minimum Gasteiger partial charge on any atom is -0.474 e. The first kappa shape index (κ1) is 69.2. The summed E-state index contributed by atoms with van der Waals surface area (Å²) in [7, 11) is 5.59. The number of likely N-dealkylation sites (N-methyl/N-ethyl adjacent to an activating group) is 4. The molecule has 7 rings (SSSR count). The van der Waals surface area contributed by atoms with E-state index in [0.717, 1.165) is 32.3 Å². The van der Waals surface area contributed by atoms with E-state index in [-0.39, 0.29) is 62.2 Å². The van der Waals surface area contributed by atoms with Gasteiger partial charge in [0.05, 0.1) is 13.1 Å². The number of cyclic esters (lactones) is 4. The number of carbonyl (C=O) groups is 8. The fourth-order valence-electron chi connectivity index (χ4n) is 11.5. The zero-order valence-electron chi connectivity index (χ0n) is 54.8. The Kier molecular flexibility index (Phi) is 24.2. The predicted octanol–water partition coefficient (Wildman–Crippen LogP) is 7.25. The van der Waals surface area contributed by atoms with Crippen LogP contribution in [0.3, 0.4) is 0 Å². The first-order chi connectivity index (χ1) is 42.7. The van der Waals surface area contributed by atoms with Gasteiger partial charge in [-0.05, 0) is 110 Å². The summed E-state index contributed by atoms with van der Waals surface area (Å²) in [6.07, 6.45) is -2.74. The average Bonchev–Trinajstić information content (AvgIpc) is 1.19. The van der Waals surface area contributed by atoms with Crippen molar-refractivity contribution < 1.29 is 66.8 Å². The Hall–Kier alpha value is -8.30. The number of hydrogen-bond donors (Lipinski definition) is 0. The van der Waals surface area contributed by atoms with Crippen molar-refractivity contribution >= 4 is 58.9 Å². The third-order valence-corrected chi connectivity index (χ3v) is 16.5. The summed E-state index contributed by atoms with van der Waals surface area (Å²) < 4.78 is 36.0. The van der Waals surface area contributed by atoms with E-state index in [1.54, 1.807) is 12.4 Å². The normalized spacial score (nSPS) is 23.3. The van der Waals surface area contributed by atoms with Gasteiger partial charge >= 0.3 is 23.9 Å². The molecule has 0 saturated carbocycles. The number of rotatable bonds is 16. The van der Waals surface area contributed by atoms with Crippen LogP contribution in [0.4, 0.5) is 11.4 Å². The Balaban J connectivity index is 1.23. The predicted molar refractivity (Wildman–Crippen MR) is 337 cm³/mol. The Labute approximate surface area is 529 Å². The lowest BCUT2D eigenvalue weighted by Crippen LogP contribution is -2.55. The Morgan fingerprint density at radius 3 is 1.01 bits per heavy atom. The maximum Gasteiger partial charge on any atom is 0.329 e. The molecular weight excluding hydrogens is 1150 g/mol. The molecule has 2 aromatic carbocycles. The number of aromatic nitrogens is 2. The van der Waals surface area contributed by atoms with E-state index < -0.39 is 96.1 Å². The third kappa shape index (κ3) is 18.0. The molecule has 8 atom stereocenters. The first-order valence-electron chi connectivity index (χ1n) is 31.4. The number of pyridine rings is 2. The summed E-state index contributed by atoms with van der Waals surface area (Å²) in [5, 5.41) is 0. The van der Waals surface area contributed by atoms with Gasteiger partial charge in [-0.2, -0.15) is 0 Å². The van der Waals surface area contributed by atoms with E-state index in [1.165, 1.54) is 51.8 Å². The van der Waals surface area contributed by atoms with Crippen molar-refractivity contribution in [2.75, 3.05) is 64.3 Å². The van der Waals surface area contributed by atoms with Gasteiger partial charge in [0, 0.05) is 66.5 Å². The van der Waals surface area contributed by atoms with Crippen LogP contribution in [0.1, 0.15) is 117 Å². The summed E-state index contributed by atoms with van der Waals surface area (Å²) in [5.74, 6) is -6.42. The average molecular weight is 1250 g/mol. The second-order valence-corrected chi connectivity index (χ2v) is 25.6. The van der Waals surface area contributed by atoms with Crippen LogP contribution in [0.5, 0.6) is 11.8 Å². The van der Waals surface area contributed by atoms with Crippen molar-refractivity contribution in [1.29, 1.82) is 0 Å². The molecule has 22 heteroatoms. The Bertz CT molecular complexity index is 2920. The summed E-state index contributed by atoms with van der Waals surface area (Å²) in [4.78, 5) is 136. The summed E-state index contributed by atoms with van der Waals surface area (Å²) >= 11 is 0. The van der Waals surface area contributed by atoms with Gasteiger partial charge in [0.1, 0.15) is 48.8 Å². The number of nitrogens with zero attached hydrogens (tertiary/aromatic N) is 8. The van der Waals surface area contributed by atoms with Crippen LogP contribution < -0.4 is 19.3 Å². The molecule has 0 bridgehead atoms.